The van der Waals surface area contributed by atoms with Crippen molar-refractivity contribution in [1.82, 2.24) is 0 Å². The van der Waals surface area contributed by atoms with Crippen molar-refractivity contribution in [2.24, 2.45) is 0 Å². The second-order valence-electron chi connectivity index (χ2n) is 0. The van der Waals surface area contributed by atoms with E-state index < -0.39 is 0 Å². The van der Waals surface area contributed by atoms with Gasteiger partial charge in [-0.2, -0.15) is 0 Å². The van der Waals surface area contributed by atoms with E-state index in [2.05, 4.69) is 0 Å². The van der Waals surface area contributed by atoms with Crippen LogP contribution in [0, 0.1) is 0 Å². The topological polar surface area (TPSA) is 85.5 Å². The third-order valence-electron chi connectivity index (χ3n) is 0. The zero-order valence-electron chi connectivity index (χ0n) is 2.27. The van der Waals surface area contributed by atoms with Crippen molar-refractivity contribution in [1.29, 1.82) is 0 Å². The maximum Gasteiger partial charge on any atom is 4.00 e. The maximum absolute atomic E-state index is 0. The summed E-state index contributed by atoms with van der Waals surface area (Å²) in [6.07, 6.45) is 0. The smallest absolute Gasteiger partial charge is 2.00 e. The Morgan fingerprint density at radius 1 is 0.600 bits per heavy atom. The molecule has 0 saturated heterocycles. The first-order valence-corrected chi connectivity index (χ1v) is 0. The van der Waals surface area contributed by atoms with Gasteiger partial charge in [0, 0.05) is 0 Å². The Bertz CT molecular complexity index is 6.85. The first-order chi connectivity index (χ1) is 0. The van der Waals surface area contributed by atoms with Crippen LogP contribution in [-0.4, -0.2) is 0 Å². The van der Waals surface area contributed by atoms with Crippen LogP contribution in [0.25, 0.3) is 0 Å². The average Bonchev–Trinajstić information content (AvgIpc) is 0. The predicted octanol–water partition coefficient (Wildman–Crippen LogP) is -0.361. The van der Waals surface area contributed by atoms with Gasteiger partial charge in [-0.1, -0.05) is 0 Å². The van der Waals surface area contributed by atoms with Crippen molar-refractivity contribution < 1.29 is 63.8 Å². The van der Waals surface area contributed by atoms with Crippen LogP contribution in [0.3, 0.4) is 0 Å². The van der Waals surface area contributed by atoms with Crippen molar-refractivity contribution in [2.45, 2.75) is 0 Å². The molecule has 0 rings (SSSR count). The van der Waals surface area contributed by atoms with Gasteiger partial charge in [-0.05, 0) is 0 Å². The normalized spacial score (nSPS) is 0. The van der Waals surface area contributed by atoms with Crippen LogP contribution in [0.2, 0.25) is 0 Å². The molecule has 0 aromatic rings. The molecule has 29 valence electrons. The van der Waals surface area contributed by atoms with E-state index in [1.165, 1.54) is 0 Å². The van der Waals surface area contributed by atoms with Gasteiger partial charge in [0.1, 0.15) is 0 Å². The average molecular weight is 353 g/mol. The molecule has 0 aliphatic heterocycles. The Balaban J connectivity index is 0. The molecule has 0 spiro atoms. The maximum atomic E-state index is 0. The fraction of sp³-hybridized carbons (Fsp3) is 0. The van der Waals surface area contributed by atoms with E-state index in [9.17, 15) is 0 Å². The number of hydrogen-bond donors (Lipinski definition) is 0. The Labute approximate surface area is 63.6 Å². The van der Waals surface area contributed by atoms with E-state index in [0.29, 0.717) is 0 Å². The van der Waals surface area contributed by atoms with Gasteiger partial charge in [0.25, 0.3) is 0 Å². The summed E-state index contributed by atoms with van der Waals surface area (Å²) >= 11 is 0. The Morgan fingerprint density at radius 2 is 0.600 bits per heavy atom. The summed E-state index contributed by atoms with van der Waals surface area (Å²) in [6.45, 7) is 0. The molecule has 0 unspecified atom stereocenters. The van der Waals surface area contributed by atoms with Crippen molar-refractivity contribution in [3.8, 4) is 0 Å². The summed E-state index contributed by atoms with van der Waals surface area (Å²) in [5, 5.41) is 0. The molecule has 0 heterocycles. The Morgan fingerprint density at radius 3 is 0.600 bits per heavy atom. The van der Waals surface area contributed by atoms with Gasteiger partial charge in [-0.15, -0.1) is 0 Å². The third-order valence-corrected chi connectivity index (χ3v) is 0. The first kappa shape index (κ1) is 91.0. The summed E-state index contributed by atoms with van der Waals surface area (Å²) in [6, 6.07) is 0. The largest absolute Gasteiger partial charge is 4.00 e. The van der Waals surface area contributed by atoms with E-state index in [4.69, 9.17) is 0 Å². The van der Waals surface area contributed by atoms with Crippen molar-refractivity contribution >= 4 is 0 Å². The standard InChI is InChI=1S/Cd.Ir.3O/q+2;+4;3*-2. The molecule has 0 aromatic carbocycles. The predicted molar refractivity (Wildman–Crippen MR) is 2.06 cm³/mol. The fourth-order valence-electron chi connectivity index (χ4n) is 0. The summed E-state index contributed by atoms with van der Waals surface area (Å²) in [5.41, 5.74) is 0. The second-order valence-corrected chi connectivity index (χ2v) is 0. The van der Waals surface area contributed by atoms with E-state index in [-0.39, 0.29) is 63.8 Å². The van der Waals surface area contributed by atoms with Crippen LogP contribution >= 0.6 is 0 Å². The molecule has 0 fully saturated rings. The molecular formula is CdIrO3. The van der Waals surface area contributed by atoms with Crippen molar-refractivity contribution in [3.05, 3.63) is 0 Å². The van der Waals surface area contributed by atoms with Gasteiger partial charge >= 0.3 is 47.4 Å². The summed E-state index contributed by atoms with van der Waals surface area (Å²) in [7, 11) is 0. The molecule has 0 aromatic heterocycles. The molecule has 3 nitrogen and oxygen atoms in total. The van der Waals surface area contributed by atoms with Crippen molar-refractivity contribution in [3.63, 3.8) is 0 Å². The van der Waals surface area contributed by atoms with E-state index in [1.807, 2.05) is 0 Å². The van der Waals surface area contributed by atoms with Crippen LogP contribution in [0.4, 0.5) is 0 Å². The quantitative estimate of drug-likeness (QED) is 0.533. The van der Waals surface area contributed by atoms with Gasteiger partial charge in [0.15, 0.2) is 0 Å². The van der Waals surface area contributed by atoms with Gasteiger partial charge in [-0.25, -0.2) is 0 Å². The van der Waals surface area contributed by atoms with Gasteiger partial charge < -0.3 is 16.4 Å². The Kier molecular flexibility index (Phi) is 933. The third kappa shape index (κ3) is 30.8. The van der Waals surface area contributed by atoms with Crippen LogP contribution in [-0.2, 0) is 63.8 Å². The summed E-state index contributed by atoms with van der Waals surface area (Å²) < 4.78 is 0. The van der Waals surface area contributed by atoms with Gasteiger partial charge in [0.05, 0.1) is 0 Å². The molecule has 0 aliphatic rings. The minimum absolute atomic E-state index is 0. The Hall–Kier alpha value is 1.45. The summed E-state index contributed by atoms with van der Waals surface area (Å²) in [5.74, 6) is 0. The van der Waals surface area contributed by atoms with Gasteiger partial charge in [0.2, 0.25) is 0 Å². The molecular weight excluding hydrogens is 353 g/mol. The fourth-order valence-corrected chi connectivity index (χ4v) is 0. The number of rotatable bonds is 0. The minimum atomic E-state index is 0. The molecule has 0 saturated carbocycles. The summed E-state index contributed by atoms with van der Waals surface area (Å²) in [4.78, 5) is 0. The van der Waals surface area contributed by atoms with E-state index in [1.54, 1.807) is 0 Å². The number of hydrogen-bond acceptors (Lipinski definition) is 0. The van der Waals surface area contributed by atoms with E-state index >= 15 is 0 Å². The molecule has 0 N–H and O–H groups in total. The molecule has 0 aliphatic carbocycles. The second kappa shape index (κ2) is 51.3. The van der Waals surface area contributed by atoms with Crippen LogP contribution in [0.5, 0.6) is 0 Å². The zero-order chi connectivity index (χ0) is 0. The van der Waals surface area contributed by atoms with Crippen LogP contribution < -0.4 is 0 Å². The molecule has 0 bridgehead atoms. The van der Waals surface area contributed by atoms with Crippen LogP contribution in [0.15, 0.2) is 0 Å². The molecule has 5 heavy (non-hydrogen) atoms. The molecule has 5 heteroatoms. The molecule has 0 atom stereocenters. The first-order valence-electron chi connectivity index (χ1n) is 0. The molecule has 0 amide bonds. The monoisotopic (exact) mass is 355 g/mol. The van der Waals surface area contributed by atoms with Crippen molar-refractivity contribution in [2.75, 3.05) is 0 Å². The minimum Gasteiger partial charge on any atom is -2.00 e. The van der Waals surface area contributed by atoms with Gasteiger partial charge in [-0.3, -0.25) is 0 Å². The SMILES string of the molecule is [Cd+2].[Ir+4].[O-2].[O-2].[O-2]. The van der Waals surface area contributed by atoms with E-state index in [0.717, 1.165) is 0 Å². The zero-order valence-corrected chi connectivity index (χ0v) is 8.70. The van der Waals surface area contributed by atoms with Crippen LogP contribution in [0.1, 0.15) is 0 Å². The molecule has 1 radical (unpaired) electrons.